The molecule has 134 valence electrons. The third-order valence-electron chi connectivity index (χ3n) is 4.17. The first kappa shape index (κ1) is 17.7. The number of benzene rings is 1. The number of halogens is 1. The van der Waals surface area contributed by atoms with Crippen LogP contribution in [0.3, 0.4) is 0 Å². The molecule has 25 heavy (non-hydrogen) atoms. The summed E-state index contributed by atoms with van der Waals surface area (Å²) in [4.78, 5) is 12.5. The Morgan fingerprint density at radius 3 is 2.80 bits per heavy atom. The van der Waals surface area contributed by atoms with Gasteiger partial charge in [-0.3, -0.25) is 4.79 Å². The van der Waals surface area contributed by atoms with Gasteiger partial charge in [0.25, 0.3) is 5.56 Å². The van der Waals surface area contributed by atoms with Crippen LogP contribution in [0, 0.1) is 0 Å². The van der Waals surface area contributed by atoms with Gasteiger partial charge in [-0.05, 0) is 37.0 Å². The fourth-order valence-electron chi connectivity index (χ4n) is 2.77. The molecule has 0 bridgehead atoms. The van der Waals surface area contributed by atoms with Gasteiger partial charge in [0, 0.05) is 6.61 Å². The molecule has 7 nitrogen and oxygen atoms in total. The minimum Gasteiger partial charge on any atom is -0.497 e. The third kappa shape index (κ3) is 3.95. The first-order chi connectivity index (χ1) is 12.1. The van der Waals surface area contributed by atoms with E-state index in [-0.39, 0.29) is 11.3 Å². The van der Waals surface area contributed by atoms with Crippen LogP contribution < -0.4 is 21.1 Å². The average Bonchev–Trinajstić information content (AvgIpc) is 2.65. The molecule has 1 atom stereocenters. The maximum absolute atomic E-state index is 12.5. The standard InChI is InChI=1S/C17H21ClN4O3/c1-24-13-7-5-12(6-8-13)11-21(19)14-10-20-22(17(23)16(14)18)15-4-2-3-9-25-15/h5-8,10,15H,2-4,9,11,19H2,1H3. The third-order valence-corrected chi connectivity index (χ3v) is 4.53. The lowest BCUT2D eigenvalue weighted by atomic mass is 10.2. The summed E-state index contributed by atoms with van der Waals surface area (Å²) in [6, 6.07) is 7.50. The Kier molecular flexibility index (Phi) is 5.57. The average molecular weight is 365 g/mol. The van der Waals surface area contributed by atoms with Crippen LogP contribution >= 0.6 is 11.6 Å². The van der Waals surface area contributed by atoms with Crippen molar-refractivity contribution in [2.45, 2.75) is 32.0 Å². The van der Waals surface area contributed by atoms with E-state index >= 15 is 0 Å². The number of rotatable bonds is 5. The van der Waals surface area contributed by atoms with Gasteiger partial charge >= 0.3 is 0 Å². The first-order valence-electron chi connectivity index (χ1n) is 8.14. The molecule has 3 rings (SSSR count). The van der Waals surface area contributed by atoms with Gasteiger partial charge in [-0.2, -0.15) is 9.78 Å². The second-order valence-corrected chi connectivity index (χ2v) is 6.27. The molecule has 8 heteroatoms. The van der Waals surface area contributed by atoms with E-state index in [2.05, 4.69) is 5.10 Å². The number of methoxy groups -OCH3 is 1. The lowest BCUT2D eigenvalue weighted by Crippen LogP contribution is -2.36. The van der Waals surface area contributed by atoms with Crippen molar-refractivity contribution in [3.63, 3.8) is 0 Å². The van der Waals surface area contributed by atoms with Crippen LogP contribution in [0.2, 0.25) is 5.02 Å². The number of anilines is 1. The predicted octanol–water partition coefficient (Wildman–Crippen LogP) is 2.48. The normalized spacial score (nSPS) is 17.3. The maximum Gasteiger partial charge on any atom is 0.290 e. The molecule has 1 aromatic carbocycles. The van der Waals surface area contributed by atoms with Crippen molar-refractivity contribution in [1.29, 1.82) is 0 Å². The summed E-state index contributed by atoms with van der Waals surface area (Å²) in [5.41, 5.74) is 0.949. The molecule has 0 aliphatic carbocycles. The Balaban J connectivity index is 1.79. The van der Waals surface area contributed by atoms with Gasteiger partial charge in [0.05, 0.1) is 25.5 Å². The van der Waals surface area contributed by atoms with Gasteiger partial charge in [0.1, 0.15) is 10.8 Å². The number of hydrazine groups is 1. The second kappa shape index (κ2) is 7.86. The molecule has 2 heterocycles. The summed E-state index contributed by atoms with van der Waals surface area (Å²) in [5, 5.41) is 5.66. The van der Waals surface area contributed by atoms with E-state index in [1.54, 1.807) is 7.11 Å². The van der Waals surface area contributed by atoms with Gasteiger partial charge in [0.15, 0.2) is 6.23 Å². The van der Waals surface area contributed by atoms with Crippen LogP contribution in [0.25, 0.3) is 0 Å². The molecule has 1 aliphatic rings. The van der Waals surface area contributed by atoms with Crippen molar-refractivity contribution in [2.24, 2.45) is 5.84 Å². The number of ether oxygens (including phenoxy) is 2. The Morgan fingerprint density at radius 1 is 1.40 bits per heavy atom. The topological polar surface area (TPSA) is 82.6 Å². The van der Waals surface area contributed by atoms with E-state index in [9.17, 15) is 4.79 Å². The second-order valence-electron chi connectivity index (χ2n) is 5.89. The predicted molar refractivity (Wildman–Crippen MR) is 95.7 cm³/mol. The molecule has 0 amide bonds. The lowest BCUT2D eigenvalue weighted by Gasteiger charge is -2.25. The fraction of sp³-hybridized carbons (Fsp3) is 0.412. The molecular weight excluding hydrogens is 344 g/mol. The molecular formula is C17H21ClN4O3. The molecule has 0 spiro atoms. The number of nitrogens with two attached hydrogens (primary N) is 1. The van der Waals surface area contributed by atoms with Crippen molar-refractivity contribution < 1.29 is 9.47 Å². The van der Waals surface area contributed by atoms with Crippen molar-refractivity contribution in [3.05, 3.63) is 51.4 Å². The molecule has 2 N–H and O–H groups in total. The zero-order valence-electron chi connectivity index (χ0n) is 14.0. The largest absolute Gasteiger partial charge is 0.497 e. The quantitative estimate of drug-likeness (QED) is 0.648. The fourth-order valence-corrected chi connectivity index (χ4v) is 3.01. The molecule has 1 aliphatic heterocycles. The van der Waals surface area contributed by atoms with Gasteiger partial charge in [-0.1, -0.05) is 23.7 Å². The highest BCUT2D eigenvalue weighted by Gasteiger charge is 2.21. The van der Waals surface area contributed by atoms with Crippen LogP contribution in [-0.2, 0) is 11.3 Å². The van der Waals surface area contributed by atoms with Crippen molar-refractivity contribution in [2.75, 3.05) is 18.7 Å². The van der Waals surface area contributed by atoms with Crippen LogP contribution in [0.4, 0.5) is 5.69 Å². The minimum atomic E-state index is -0.392. The highest BCUT2D eigenvalue weighted by molar-refractivity contribution is 6.32. The molecule has 2 aromatic rings. The zero-order chi connectivity index (χ0) is 17.8. The number of hydrogen-bond acceptors (Lipinski definition) is 6. The molecule has 0 radical (unpaired) electrons. The highest BCUT2D eigenvalue weighted by Crippen LogP contribution is 2.24. The maximum atomic E-state index is 12.5. The Hall–Kier alpha value is -2.09. The summed E-state index contributed by atoms with van der Waals surface area (Å²) >= 11 is 6.26. The summed E-state index contributed by atoms with van der Waals surface area (Å²) in [6.07, 6.45) is 3.89. The minimum absolute atomic E-state index is 0.0418. The molecule has 0 saturated carbocycles. The first-order valence-corrected chi connectivity index (χ1v) is 8.52. The van der Waals surface area contributed by atoms with E-state index in [0.29, 0.717) is 18.8 Å². The molecule has 1 unspecified atom stereocenters. The van der Waals surface area contributed by atoms with E-state index < -0.39 is 5.56 Å². The Bertz CT molecular complexity index is 772. The van der Waals surface area contributed by atoms with E-state index in [4.69, 9.17) is 26.9 Å². The van der Waals surface area contributed by atoms with E-state index in [0.717, 1.165) is 30.6 Å². The van der Waals surface area contributed by atoms with Crippen LogP contribution in [0.15, 0.2) is 35.3 Å². The van der Waals surface area contributed by atoms with Crippen LogP contribution in [0.1, 0.15) is 31.1 Å². The smallest absolute Gasteiger partial charge is 0.290 e. The summed E-state index contributed by atoms with van der Waals surface area (Å²) in [6.45, 7) is 1.01. The van der Waals surface area contributed by atoms with Crippen molar-refractivity contribution in [1.82, 2.24) is 9.78 Å². The zero-order valence-corrected chi connectivity index (χ0v) is 14.8. The summed E-state index contributed by atoms with van der Waals surface area (Å²) in [5.74, 6) is 6.86. The summed E-state index contributed by atoms with van der Waals surface area (Å²) in [7, 11) is 1.61. The van der Waals surface area contributed by atoms with Crippen molar-refractivity contribution in [3.8, 4) is 5.75 Å². The highest BCUT2D eigenvalue weighted by atomic mass is 35.5. The number of aromatic nitrogens is 2. The Labute approximate surface area is 150 Å². The molecule has 1 aromatic heterocycles. The SMILES string of the molecule is COc1ccc(CN(N)c2cnn(C3CCCCO3)c(=O)c2Cl)cc1. The molecule has 1 fully saturated rings. The lowest BCUT2D eigenvalue weighted by molar-refractivity contribution is -0.0424. The van der Waals surface area contributed by atoms with E-state index in [1.807, 2.05) is 24.3 Å². The number of hydrogen-bond donors (Lipinski definition) is 1. The van der Waals surface area contributed by atoms with E-state index in [1.165, 1.54) is 15.9 Å². The number of nitrogens with zero attached hydrogens (tertiary/aromatic N) is 3. The van der Waals surface area contributed by atoms with Gasteiger partial charge in [0.2, 0.25) is 0 Å². The van der Waals surface area contributed by atoms with Gasteiger partial charge < -0.3 is 14.5 Å². The van der Waals surface area contributed by atoms with Gasteiger partial charge in [-0.25, -0.2) is 5.84 Å². The van der Waals surface area contributed by atoms with Crippen LogP contribution in [-0.4, -0.2) is 23.5 Å². The van der Waals surface area contributed by atoms with Crippen molar-refractivity contribution >= 4 is 17.3 Å². The summed E-state index contributed by atoms with van der Waals surface area (Å²) < 4.78 is 12.0. The van der Waals surface area contributed by atoms with Gasteiger partial charge in [-0.15, -0.1) is 0 Å². The monoisotopic (exact) mass is 364 g/mol. The molecule has 1 saturated heterocycles. The van der Waals surface area contributed by atoms with Crippen LogP contribution in [0.5, 0.6) is 5.75 Å². The Morgan fingerprint density at radius 2 is 2.16 bits per heavy atom.